The van der Waals surface area contributed by atoms with E-state index in [4.69, 9.17) is 4.74 Å². The van der Waals surface area contributed by atoms with Crippen LogP contribution >= 0.6 is 0 Å². The molecule has 4 rings (SSSR count). The lowest BCUT2D eigenvalue weighted by Crippen LogP contribution is -2.32. The normalized spacial score (nSPS) is 13.3. The van der Waals surface area contributed by atoms with Gasteiger partial charge in [0.05, 0.1) is 18.2 Å². The van der Waals surface area contributed by atoms with Crippen molar-refractivity contribution in [1.29, 1.82) is 0 Å². The fourth-order valence-corrected chi connectivity index (χ4v) is 4.71. The van der Waals surface area contributed by atoms with Crippen molar-refractivity contribution in [2.24, 2.45) is 0 Å². The summed E-state index contributed by atoms with van der Waals surface area (Å²) in [7, 11) is 0. The van der Waals surface area contributed by atoms with E-state index in [-0.39, 0.29) is 18.9 Å². The Morgan fingerprint density at radius 3 is 2.22 bits per heavy atom. The second-order valence-electron chi connectivity index (χ2n) is 8.02. The van der Waals surface area contributed by atoms with Crippen LogP contribution in [0.15, 0.2) is 48.5 Å². The van der Waals surface area contributed by atoms with Gasteiger partial charge in [-0.2, -0.15) is 5.10 Å². The molecule has 3 aromatic rings. The van der Waals surface area contributed by atoms with Gasteiger partial charge >= 0.3 is 12.1 Å². The van der Waals surface area contributed by atoms with Crippen molar-refractivity contribution >= 4 is 12.1 Å². The molecule has 0 bridgehead atoms. The third-order valence-electron chi connectivity index (χ3n) is 6.10. The maximum Gasteiger partial charge on any atom is 0.407 e. The molecule has 7 heteroatoms. The first-order valence-corrected chi connectivity index (χ1v) is 10.8. The summed E-state index contributed by atoms with van der Waals surface area (Å²) >= 11 is 0. The Bertz CT molecular complexity index is 1120. The average molecular weight is 434 g/mol. The average Bonchev–Trinajstić information content (AvgIpc) is 3.25. The van der Waals surface area contributed by atoms with Gasteiger partial charge in [0.1, 0.15) is 6.61 Å². The van der Waals surface area contributed by atoms with Crippen LogP contribution in [0.25, 0.3) is 11.1 Å². The van der Waals surface area contributed by atoms with Gasteiger partial charge in [0.2, 0.25) is 0 Å². The number of rotatable bonds is 7. The lowest BCUT2D eigenvalue weighted by molar-refractivity contribution is -0.137. The number of nitrogens with one attached hydrogen (secondary N) is 1. The molecule has 0 spiro atoms. The number of nitrogens with zero attached hydrogens (tertiary/aromatic N) is 2. The summed E-state index contributed by atoms with van der Waals surface area (Å²) in [6, 6.07) is 15.5. The topological polar surface area (TPSA) is 93.5 Å². The fraction of sp³-hybridized carbons (Fsp3) is 0.320. The Hall–Kier alpha value is -3.61. The molecule has 1 atom stereocenters. The number of carbonyl (C=O) groups is 2. The van der Waals surface area contributed by atoms with E-state index in [0.717, 1.165) is 33.5 Å². The molecule has 1 aliphatic rings. The highest BCUT2D eigenvalue weighted by atomic mass is 16.5. The first kappa shape index (κ1) is 21.6. The van der Waals surface area contributed by atoms with Crippen LogP contribution < -0.4 is 5.32 Å². The smallest absolute Gasteiger partial charge is 0.407 e. The number of carboxylic acid groups (broad SMARTS) is 1. The molecule has 32 heavy (non-hydrogen) atoms. The van der Waals surface area contributed by atoms with Crippen LogP contribution in [0.2, 0.25) is 0 Å². The van der Waals surface area contributed by atoms with Crippen LogP contribution in [0, 0.1) is 13.8 Å². The molecule has 1 aliphatic carbocycles. The number of carbonyl (C=O) groups excluding carboxylic acids is 1. The second kappa shape index (κ2) is 8.86. The highest BCUT2D eigenvalue weighted by Crippen LogP contribution is 2.44. The Kier molecular flexibility index (Phi) is 5.99. The van der Waals surface area contributed by atoms with Gasteiger partial charge in [-0.25, -0.2) is 4.79 Å². The third kappa shape index (κ3) is 3.98. The molecule has 0 fully saturated rings. The summed E-state index contributed by atoms with van der Waals surface area (Å²) in [5.74, 6) is -1.06. The van der Waals surface area contributed by atoms with Gasteiger partial charge in [-0.05, 0) is 43.0 Å². The van der Waals surface area contributed by atoms with E-state index in [1.807, 2.05) is 45.0 Å². The fourth-order valence-electron chi connectivity index (χ4n) is 4.71. The van der Waals surface area contributed by atoms with E-state index < -0.39 is 18.1 Å². The van der Waals surface area contributed by atoms with Crippen LogP contribution in [0.3, 0.4) is 0 Å². The van der Waals surface area contributed by atoms with Gasteiger partial charge in [0.25, 0.3) is 0 Å². The van der Waals surface area contributed by atoms with Gasteiger partial charge in [0, 0.05) is 23.7 Å². The van der Waals surface area contributed by atoms with Crippen LogP contribution in [0.4, 0.5) is 4.79 Å². The van der Waals surface area contributed by atoms with Gasteiger partial charge in [-0.1, -0.05) is 48.5 Å². The summed E-state index contributed by atoms with van der Waals surface area (Å²) in [4.78, 5) is 24.2. The van der Waals surface area contributed by atoms with Crippen LogP contribution in [0.1, 0.15) is 53.4 Å². The van der Waals surface area contributed by atoms with Gasteiger partial charge < -0.3 is 15.2 Å². The summed E-state index contributed by atoms with van der Waals surface area (Å²) < 4.78 is 7.42. The lowest BCUT2D eigenvalue weighted by atomic mass is 9.98. The van der Waals surface area contributed by atoms with Crippen molar-refractivity contribution < 1.29 is 19.4 Å². The molecule has 7 nitrogen and oxygen atoms in total. The van der Waals surface area contributed by atoms with E-state index in [1.54, 1.807) is 4.68 Å². The highest BCUT2D eigenvalue weighted by Gasteiger charge is 2.30. The predicted molar refractivity (Wildman–Crippen MR) is 121 cm³/mol. The van der Waals surface area contributed by atoms with Crippen LogP contribution in [-0.4, -0.2) is 33.6 Å². The van der Waals surface area contributed by atoms with Crippen molar-refractivity contribution in [1.82, 2.24) is 15.1 Å². The minimum atomic E-state index is -1.00. The zero-order valence-electron chi connectivity index (χ0n) is 18.5. The molecule has 166 valence electrons. The third-order valence-corrected chi connectivity index (χ3v) is 6.10. The minimum Gasteiger partial charge on any atom is -0.481 e. The van der Waals surface area contributed by atoms with Gasteiger partial charge in [0.15, 0.2) is 0 Å². The molecular weight excluding hydrogens is 406 g/mol. The molecule has 0 aliphatic heterocycles. The van der Waals surface area contributed by atoms with Crippen molar-refractivity contribution in [3.8, 4) is 11.1 Å². The first-order valence-electron chi connectivity index (χ1n) is 10.8. The Morgan fingerprint density at radius 1 is 1.09 bits per heavy atom. The maximum absolute atomic E-state index is 12.7. The minimum absolute atomic E-state index is 0.0580. The first-order chi connectivity index (χ1) is 15.4. The molecule has 0 saturated heterocycles. The van der Waals surface area contributed by atoms with Crippen molar-refractivity contribution in [3.63, 3.8) is 0 Å². The zero-order chi connectivity index (χ0) is 22.8. The van der Waals surface area contributed by atoms with E-state index in [1.165, 1.54) is 0 Å². The number of carboxylic acids is 1. The Morgan fingerprint density at radius 2 is 1.69 bits per heavy atom. The maximum atomic E-state index is 12.7. The number of hydrogen-bond acceptors (Lipinski definition) is 4. The standard InChI is InChI=1S/C25H27N3O4/c1-4-28-16(3)24(15(2)27-28)22(13-23(29)30)26-25(31)32-14-21-19-11-7-5-9-17(19)18-10-6-8-12-20(18)21/h5-12,21-22H,4,13-14H2,1-3H3,(H,26,31)(H,29,30)/t22-/m1/s1. The number of aromatic nitrogens is 2. The number of alkyl carbamates (subject to hydrolysis) is 1. The number of fused-ring (bicyclic) bond motifs is 3. The number of benzene rings is 2. The number of amides is 1. The SMILES string of the molecule is CCn1nc(C)c([C@@H](CC(=O)O)NC(=O)OCC2c3ccccc3-c3ccccc32)c1C. The van der Waals surface area contributed by atoms with E-state index in [2.05, 4.69) is 34.7 Å². The van der Waals surface area contributed by atoms with Crippen molar-refractivity contribution in [2.45, 2.75) is 45.7 Å². The van der Waals surface area contributed by atoms with Crippen LogP contribution in [-0.2, 0) is 16.1 Å². The Labute approximate surface area is 187 Å². The summed E-state index contributed by atoms with van der Waals surface area (Å²) in [6.07, 6.45) is -0.887. The molecule has 2 N–H and O–H groups in total. The van der Waals surface area contributed by atoms with Crippen LogP contribution in [0.5, 0.6) is 0 Å². The number of hydrogen-bond donors (Lipinski definition) is 2. The van der Waals surface area contributed by atoms with Gasteiger partial charge in [-0.3, -0.25) is 9.48 Å². The molecule has 1 heterocycles. The number of aliphatic carboxylic acids is 1. The largest absolute Gasteiger partial charge is 0.481 e. The van der Waals surface area contributed by atoms with Crippen molar-refractivity contribution in [3.05, 3.63) is 76.6 Å². The van der Waals surface area contributed by atoms with E-state index in [9.17, 15) is 14.7 Å². The zero-order valence-corrected chi connectivity index (χ0v) is 18.5. The molecule has 0 unspecified atom stereocenters. The molecule has 1 amide bonds. The summed E-state index contributed by atoms with van der Waals surface area (Å²) in [6.45, 7) is 6.51. The molecule has 2 aromatic carbocycles. The van der Waals surface area contributed by atoms with Gasteiger partial charge in [-0.15, -0.1) is 0 Å². The lowest BCUT2D eigenvalue weighted by Gasteiger charge is -2.19. The molecule has 0 radical (unpaired) electrons. The highest BCUT2D eigenvalue weighted by molar-refractivity contribution is 5.79. The summed E-state index contributed by atoms with van der Waals surface area (Å²) in [5.41, 5.74) is 6.82. The molecular formula is C25H27N3O4. The molecule has 0 saturated carbocycles. The Balaban J connectivity index is 1.51. The monoisotopic (exact) mass is 433 g/mol. The van der Waals surface area contributed by atoms with E-state index >= 15 is 0 Å². The van der Waals surface area contributed by atoms with E-state index in [0.29, 0.717) is 12.2 Å². The summed E-state index contributed by atoms with van der Waals surface area (Å²) in [5, 5.41) is 16.6. The van der Waals surface area contributed by atoms with Crippen molar-refractivity contribution in [2.75, 3.05) is 6.61 Å². The predicted octanol–water partition coefficient (Wildman–Crippen LogP) is 4.57. The number of aryl methyl sites for hydroxylation is 2. The molecule has 1 aromatic heterocycles. The second-order valence-corrected chi connectivity index (χ2v) is 8.02. The quantitative estimate of drug-likeness (QED) is 0.569. The number of ether oxygens (including phenoxy) is 1.